The van der Waals surface area contributed by atoms with Crippen molar-refractivity contribution in [2.45, 2.75) is 0 Å². The second kappa shape index (κ2) is 3.49. The minimum atomic E-state index is -1.18. The summed E-state index contributed by atoms with van der Waals surface area (Å²) in [7, 11) is 0. The fourth-order valence-corrected chi connectivity index (χ4v) is 1.18. The van der Waals surface area contributed by atoms with Gasteiger partial charge in [0.25, 0.3) is 0 Å². The number of carbonyl (C=O) groups is 1. The summed E-state index contributed by atoms with van der Waals surface area (Å²) in [5.41, 5.74) is 0.199. The third kappa shape index (κ3) is 1.83. The van der Waals surface area contributed by atoms with Gasteiger partial charge in [-0.05, 0) is 18.2 Å². The molecule has 0 spiro atoms. The van der Waals surface area contributed by atoms with Gasteiger partial charge >= 0.3 is 5.97 Å². The highest BCUT2D eigenvalue weighted by Gasteiger charge is 2.08. The molecular formula is C9H6FN3O2. The number of rotatable bonds is 2. The first-order chi connectivity index (χ1) is 7.16. The fraction of sp³-hybridized carbons (Fsp3) is 0. The van der Waals surface area contributed by atoms with E-state index < -0.39 is 11.8 Å². The minimum absolute atomic E-state index is 0.125. The highest BCUT2D eigenvalue weighted by atomic mass is 19.1. The Morgan fingerprint density at radius 1 is 1.40 bits per heavy atom. The molecule has 0 unspecified atom stereocenters. The molecule has 0 aliphatic rings. The van der Waals surface area contributed by atoms with Crippen LogP contribution in [0, 0.1) is 5.82 Å². The molecule has 0 amide bonds. The van der Waals surface area contributed by atoms with Crippen LogP contribution in [0.1, 0.15) is 10.4 Å². The van der Waals surface area contributed by atoms with Crippen LogP contribution < -0.4 is 0 Å². The van der Waals surface area contributed by atoms with Crippen LogP contribution >= 0.6 is 0 Å². The molecule has 1 aromatic heterocycles. The molecule has 1 aromatic carbocycles. The maximum absolute atomic E-state index is 13.1. The Morgan fingerprint density at radius 3 is 2.80 bits per heavy atom. The van der Waals surface area contributed by atoms with Crippen LogP contribution in [0.3, 0.4) is 0 Å². The molecule has 0 aliphatic heterocycles. The molecule has 5 nitrogen and oxygen atoms in total. The van der Waals surface area contributed by atoms with Gasteiger partial charge in [0.05, 0.1) is 23.6 Å². The zero-order valence-corrected chi connectivity index (χ0v) is 7.46. The Balaban J connectivity index is 2.54. The van der Waals surface area contributed by atoms with Crippen LogP contribution in [0.15, 0.2) is 30.6 Å². The van der Waals surface area contributed by atoms with E-state index in [1.165, 1.54) is 29.2 Å². The van der Waals surface area contributed by atoms with E-state index in [2.05, 4.69) is 10.3 Å². The fourth-order valence-electron chi connectivity index (χ4n) is 1.18. The minimum Gasteiger partial charge on any atom is -0.478 e. The zero-order chi connectivity index (χ0) is 10.8. The smallest absolute Gasteiger partial charge is 0.335 e. The van der Waals surface area contributed by atoms with Crippen LogP contribution in [0.5, 0.6) is 0 Å². The van der Waals surface area contributed by atoms with Gasteiger partial charge in [0.15, 0.2) is 0 Å². The van der Waals surface area contributed by atoms with Crippen LogP contribution in [-0.4, -0.2) is 26.1 Å². The Labute approximate surface area is 83.8 Å². The lowest BCUT2D eigenvalue weighted by Crippen LogP contribution is -2.02. The monoisotopic (exact) mass is 207 g/mol. The maximum atomic E-state index is 13.1. The molecule has 0 saturated heterocycles. The van der Waals surface area contributed by atoms with Crippen molar-refractivity contribution in [1.82, 2.24) is 15.0 Å². The van der Waals surface area contributed by atoms with Gasteiger partial charge in [-0.25, -0.2) is 13.9 Å². The highest BCUT2D eigenvalue weighted by molar-refractivity contribution is 5.88. The first-order valence-electron chi connectivity index (χ1n) is 4.07. The van der Waals surface area contributed by atoms with Crippen molar-refractivity contribution in [1.29, 1.82) is 0 Å². The molecule has 0 bridgehead atoms. The van der Waals surface area contributed by atoms with E-state index in [1.807, 2.05) is 0 Å². The summed E-state index contributed by atoms with van der Waals surface area (Å²) >= 11 is 0. The Hall–Kier alpha value is -2.24. The van der Waals surface area contributed by atoms with Crippen molar-refractivity contribution in [3.05, 3.63) is 42.0 Å². The van der Waals surface area contributed by atoms with E-state index in [0.29, 0.717) is 5.69 Å². The molecule has 15 heavy (non-hydrogen) atoms. The number of nitrogens with zero attached hydrogens (tertiary/aromatic N) is 3. The molecule has 2 aromatic rings. The topological polar surface area (TPSA) is 68.0 Å². The SMILES string of the molecule is O=C(O)c1cc(F)cc(-n2ccnn2)c1. The standard InChI is InChI=1S/C9H6FN3O2/c10-7-3-6(9(14)15)4-8(5-7)13-2-1-11-12-13/h1-5H,(H,14,15). The van der Waals surface area contributed by atoms with Crippen molar-refractivity contribution in [3.8, 4) is 5.69 Å². The van der Waals surface area contributed by atoms with Crippen LogP contribution in [0.4, 0.5) is 4.39 Å². The number of aromatic nitrogens is 3. The lowest BCUT2D eigenvalue weighted by Gasteiger charge is -2.02. The second-order valence-corrected chi connectivity index (χ2v) is 2.85. The van der Waals surface area contributed by atoms with E-state index in [9.17, 15) is 9.18 Å². The second-order valence-electron chi connectivity index (χ2n) is 2.85. The summed E-state index contributed by atoms with van der Waals surface area (Å²) in [6.07, 6.45) is 2.92. The van der Waals surface area contributed by atoms with Crippen LogP contribution in [0.25, 0.3) is 5.69 Å². The maximum Gasteiger partial charge on any atom is 0.335 e. The molecule has 0 saturated carbocycles. The number of hydrogen-bond acceptors (Lipinski definition) is 3. The Bertz CT molecular complexity index is 496. The number of hydrogen-bond donors (Lipinski definition) is 1. The van der Waals surface area contributed by atoms with Gasteiger partial charge in [-0.1, -0.05) is 5.21 Å². The third-order valence-corrected chi connectivity index (χ3v) is 1.82. The number of carboxylic acids is 1. The molecule has 6 heteroatoms. The molecule has 0 fully saturated rings. The molecule has 1 N–H and O–H groups in total. The first kappa shape index (κ1) is 9.32. The van der Waals surface area contributed by atoms with Crippen molar-refractivity contribution in [3.63, 3.8) is 0 Å². The van der Waals surface area contributed by atoms with Gasteiger partial charge in [0.1, 0.15) is 5.82 Å². The van der Waals surface area contributed by atoms with E-state index >= 15 is 0 Å². The third-order valence-electron chi connectivity index (χ3n) is 1.82. The predicted molar refractivity (Wildman–Crippen MR) is 48.3 cm³/mol. The van der Waals surface area contributed by atoms with Crippen molar-refractivity contribution in [2.75, 3.05) is 0 Å². The lowest BCUT2D eigenvalue weighted by molar-refractivity contribution is 0.0696. The van der Waals surface area contributed by atoms with E-state index in [1.54, 1.807) is 0 Å². The number of benzene rings is 1. The molecule has 0 aliphatic carbocycles. The van der Waals surface area contributed by atoms with Gasteiger partial charge in [0.2, 0.25) is 0 Å². The van der Waals surface area contributed by atoms with Crippen molar-refractivity contribution >= 4 is 5.97 Å². The van der Waals surface area contributed by atoms with E-state index in [4.69, 9.17) is 5.11 Å². The van der Waals surface area contributed by atoms with E-state index in [0.717, 1.165) is 6.07 Å². The van der Waals surface area contributed by atoms with Crippen LogP contribution in [-0.2, 0) is 0 Å². The molecule has 0 radical (unpaired) electrons. The summed E-state index contributed by atoms with van der Waals surface area (Å²) in [5, 5.41) is 15.9. The van der Waals surface area contributed by atoms with Gasteiger partial charge in [0, 0.05) is 0 Å². The summed E-state index contributed by atoms with van der Waals surface area (Å²) in [6, 6.07) is 3.45. The largest absolute Gasteiger partial charge is 0.478 e. The molecule has 2 rings (SSSR count). The van der Waals surface area contributed by atoms with Gasteiger partial charge in [-0.2, -0.15) is 0 Å². The van der Waals surface area contributed by atoms with Gasteiger partial charge < -0.3 is 5.11 Å². The molecule has 76 valence electrons. The Kier molecular flexibility index (Phi) is 2.17. The molecular weight excluding hydrogens is 201 g/mol. The quantitative estimate of drug-likeness (QED) is 0.800. The van der Waals surface area contributed by atoms with Crippen LogP contribution in [0.2, 0.25) is 0 Å². The normalized spacial score (nSPS) is 10.2. The summed E-state index contributed by atoms with van der Waals surface area (Å²) < 4.78 is 14.3. The van der Waals surface area contributed by atoms with Crippen molar-refractivity contribution < 1.29 is 14.3 Å². The predicted octanol–water partition coefficient (Wildman–Crippen LogP) is 1.10. The van der Waals surface area contributed by atoms with E-state index in [-0.39, 0.29) is 5.56 Å². The van der Waals surface area contributed by atoms with Gasteiger partial charge in [-0.3, -0.25) is 0 Å². The molecule has 0 atom stereocenters. The van der Waals surface area contributed by atoms with Crippen molar-refractivity contribution in [2.24, 2.45) is 0 Å². The number of carboxylic acid groups (broad SMARTS) is 1. The molecule has 1 heterocycles. The number of aromatic carboxylic acids is 1. The highest BCUT2D eigenvalue weighted by Crippen LogP contribution is 2.12. The summed E-state index contributed by atoms with van der Waals surface area (Å²) in [6.45, 7) is 0. The summed E-state index contributed by atoms with van der Waals surface area (Å²) in [4.78, 5) is 10.7. The average Bonchev–Trinajstić information content (AvgIpc) is 2.69. The number of halogens is 1. The zero-order valence-electron chi connectivity index (χ0n) is 7.46. The average molecular weight is 207 g/mol. The summed E-state index contributed by atoms with van der Waals surface area (Å²) in [5.74, 6) is -1.81. The lowest BCUT2D eigenvalue weighted by atomic mass is 10.2. The Morgan fingerprint density at radius 2 is 2.20 bits per heavy atom. The van der Waals surface area contributed by atoms with Gasteiger partial charge in [-0.15, -0.1) is 5.10 Å². The first-order valence-corrected chi connectivity index (χ1v) is 4.07.